The number of anilines is 1. The van der Waals surface area contributed by atoms with Crippen molar-refractivity contribution in [1.29, 1.82) is 0 Å². The fraction of sp³-hybridized carbons (Fsp3) is 0.400. The molecule has 1 aliphatic rings. The van der Waals surface area contributed by atoms with Crippen LogP contribution in [0.15, 0.2) is 6.07 Å². The normalized spacial score (nSPS) is 19.7. The number of carbonyl (C=O) groups is 2. The number of halogens is 4. The Balaban J connectivity index is 2.19. The van der Waals surface area contributed by atoms with Gasteiger partial charge in [0.15, 0.2) is 0 Å². The smallest absolute Gasteiger partial charge is 0.358 e. The first kappa shape index (κ1) is 14.5. The predicted octanol–water partition coefficient (Wildman–Crippen LogP) is 1.37. The Morgan fingerprint density at radius 2 is 2.05 bits per heavy atom. The number of imide groups is 1. The zero-order valence-electron chi connectivity index (χ0n) is 9.79. The van der Waals surface area contributed by atoms with Gasteiger partial charge in [0, 0.05) is 12.5 Å². The quantitative estimate of drug-likeness (QED) is 0.637. The molecule has 2 N–H and O–H groups in total. The highest BCUT2D eigenvalue weighted by atomic mass is 35.5. The Bertz CT molecular complexity index is 564. The zero-order valence-corrected chi connectivity index (χ0v) is 10.5. The summed E-state index contributed by atoms with van der Waals surface area (Å²) in [7, 11) is 0. The van der Waals surface area contributed by atoms with Crippen molar-refractivity contribution in [3.8, 4) is 0 Å². The number of alkyl halides is 3. The fourth-order valence-corrected chi connectivity index (χ4v) is 1.81. The molecule has 2 amide bonds. The van der Waals surface area contributed by atoms with Gasteiger partial charge in [-0.15, -0.1) is 0 Å². The Morgan fingerprint density at radius 3 is 2.65 bits per heavy atom. The Hall–Kier alpha value is -1.90. The summed E-state index contributed by atoms with van der Waals surface area (Å²) in [6.45, 7) is 0. The van der Waals surface area contributed by atoms with Crippen LogP contribution in [-0.2, 0) is 15.8 Å². The Labute approximate surface area is 115 Å². The molecule has 1 fully saturated rings. The van der Waals surface area contributed by atoms with E-state index >= 15 is 0 Å². The first-order valence-corrected chi connectivity index (χ1v) is 5.85. The van der Waals surface area contributed by atoms with E-state index < -0.39 is 35.0 Å². The van der Waals surface area contributed by atoms with E-state index in [1.54, 1.807) is 0 Å². The number of hydrogen-bond acceptors (Lipinski definition) is 5. The number of nitrogens with one attached hydrogen (secondary N) is 2. The number of nitrogens with zero attached hydrogens (tertiary/aromatic N) is 2. The molecule has 1 unspecified atom stereocenters. The van der Waals surface area contributed by atoms with Gasteiger partial charge in [0.2, 0.25) is 17.6 Å². The summed E-state index contributed by atoms with van der Waals surface area (Å²) in [5, 5.41) is 4.17. The molecular formula is C10H8ClF3N4O2. The minimum absolute atomic E-state index is 0.0916. The van der Waals surface area contributed by atoms with Crippen LogP contribution in [0.1, 0.15) is 18.7 Å². The number of aromatic nitrogens is 2. The molecule has 1 aromatic rings. The van der Waals surface area contributed by atoms with Crippen LogP contribution in [-0.4, -0.2) is 27.8 Å². The van der Waals surface area contributed by atoms with Gasteiger partial charge in [0.25, 0.3) is 0 Å². The number of piperidine rings is 1. The van der Waals surface area contributed by atoms with Crippen LogP contribution in [0.4, 0.5) is 19.0 Å². The van der Waals surface area contributed by atoms with Crippen molar-refractivity contribution in [2.24, 2.45) is 0 Å². The molecule has 20 heavy (non-hydrogen) atoms. The van der Waals surface area contributed by atoms with E-state index in [0.717, 1.165) is 6.07 Å². The lowest BCUT2D eigenvalue weighted by molar-refractivity contribution is -0.144. The second-order valence-corrected chi connectivity index (χ2v) is 4.43. The van der Waals surface area contributed by atoms with Gasteiger partial charge in [-0.1, -0.05) is 11.6 Å². The fourth-order valence-electron chi connectivity index (χ4n) is 1.63. The van der Waals surface area contributed by atoms with Crippen molar-refractivity contribution in [2.75, 3.05) is 5.32 Å². The maximum absolute atomic E-state index is 12.5. The summed E-state index contributed by atoms with van der Waals surface area (Å²) >= 11 is 5.49. The minimum Gasteiger partial charge on any atom is -0.358 e. The first-order chi connectivity index (χ1) is 9.25. The van der Waals surface area contributed by atoms with Crippen molar-refractivity contribution in [3.05, 3.63) is 17.0 Å². The maximum Gasteiger partial charge on any atom is 0.451 e. The molecule has 2 rings (SSSR count). The molecule has 0 spiro atoms. The van der Waals surface area contributed by atoms with E-state index in [4.69, 9.17) is 11.6 Å². The average Bonchev–Trinajstić information content (AvgIpc) is 2.31. The molecule has 0 saturated carbocycles. The van der Waals surface area contributed by atoms with Gasteiger partial charge in [0.05, 0.1) is 0 Å². The standard InChI is InChI=1S/C10H8ClF3N4O2/c11-5-3-6(17-9(16-5)10(12,13)14)15-4-1-2-7(19)18-8(4)20/h3-4H,1-2H2,(H,15,16,17)(H,18,19,20). The molecule has 1 saturated heterocycles. The summed E-state index contributed by atoms with van der Waals surface area (Å²) in [6, 6.07) is 0.222. The first-order valence-electron chi connectivity index (χ1n) is 5.48. The van der Waals surface area contributed by atoms with Gasteiger partial charge >= 0.3 is 6.18 Å². The summed E-state index contributed by atoms with van der Waals surface area (Å²) in [5.74, 6) is -2.68. The van der Waals surface area contributed by atoms with Crippen LogP contribution < -0.4 is 10.6 Å². The molecule has 0 aliphatic carbocycles. The van der Waals surface area contributed by atoms with Gasteiger partial charge in [-0.25, -0.2) is 9.97 Å². The van der Waals surface area contributed by atoms with Gasteiger partial charge < -0.3 is 5.32 Å². The van der Waals surface area contributed by atoms with Crippen LogP contribution in [0, 0.1) is 0 Å². The van der Waals surface area contributed by atoms with Gasteiger partial charge in [0.1, 0.15) is 17.0 Å². The van der Waals surface area contributed by atoms with E-state index in [-0.39, 0.29) is 18.7 Å². The molecule has 0 radical (unpaired) electrons. The predicted molar refractivity (Wildman–Crippen MR) is 61.8 cm³/mol. The molecular weight excluding hydrogens is 301 g/mol. The van der Waals surface area contributed by atoms with Gasteiger partial charge in [-0.05, 0) is 6.42 Å². The average molecular weight is 309 g/mol. The summed E-state index contributed by atoms with van der Waals surface area (Å²) in [4.78, 5) is 28.8. The lowest BCUT2D eigenvalue weighted by Crippen LogP contribution is -2.47. The number of amides is 2. The van der Waals surface area contributed by atoms with Crippen molar-refractivity contribution < 1.29 is 22.8 Å². The molecule has 1 atom stereocenters. The molecule has 0 bridgehead atoms. The molecule has 10 heteroatoms. The minimum atomic E-state index is -4.74. The molecule has 6 nitrogen and oxygen atoms in total. The third-order valence-electron chi connectivity index (χ3n) is 2.51. The summed E-state index contributed by atoms with van der Waals surface area (Å²) in [6.07, 6.45) is -4.49. The van der Waals surface area contributed by atoms with Crippen LogP contribution in [0.3, 0.4) is 0 Å². The lowest BCUT2D eigenvalue weighted by Gasteiger charge is -2.22. The van der Waals surface area contributed by atoms with Gasteiger partial charge in [-0.2, -0.15) is 13.2 Å². The van der Waals surface area contributed by atoms with Crippen LogP contribution in [0.5, 0.6) is 0 Å². The highest BCUT2D eigenvalue weighted by Crippen LogP contribution is 2.28. The van der Waals surface area contributed by atoms with Crippen LogP contribution in [0.2, 0.25) is 5.15 Å². The molecule has 2 heterocycles. The molecule has 1 aromatic heterocycles. The van der Waals surface area contributed by atoms with Crippen molar-refractivity contribution in [1.82, 2.24) is 15.3 Å². The lowest BCUT2D eigenvalue weighted by atomic mass is 10.1. The zero-order chi connectivity index (χ0) is 14.9. The maximum atomic E-state index is 12.5. The summed E-state index contributed by atoms with van der Waals surface area (Å²) < 4.78 is 37.6. The Kier molecular flexibility index (Phi) is 3.80. The van der Waals surface area contributed by atoms with Crippen LogP contribution >= 0.6 is 11.6 Å². The highest BCUT2D eigenvalue weighted by molar-refractivity contribution is 6.29. The van der Waals surface area contributed by atoms with Gasteiger partial charge in [-0.3, -0.25) is 14.9 Å². The third-order valence-corrected chi connectivity index (χ3v) is 2.70. The number of rotatable bonds is 2. The highest BCUT2D eigenvalue weighted by Gasteiger charge is 2.36. The summed E-state index contributed by atoms with van der Waals surface area (Å²) in [5.41, 5.74) is 0. The topological polar surface area (TPSA) is 84.0 Å². The van der Waals surface area contributed by atoms with E-state index in [1.165, 1.54) is 0 Å². The number of carbonyl (C=O) groups excluding carboxylic acids is 2. The van der Waals surface area contributed by atoms with Crippen molar-refractivity contribution in [3.63, 3.8) is 0 Å². The molecule has 0 aromatic carbocycles. The Morgan fingerprint density at radius 1 is 1.35 bits per heavy atom. The van der Waals surface area contributed by atoms with Crippen molar-refractivity contribution >= 4 is 29.2 Å². The largest absolute Gasteiger partial charge is 0.451 e. The third kappa shape index (κ3) is 3.35. The monoisotopic (exact) mass is 308 g/mol. The molecule has 1 aliphatic heterocycles. The second-order valence-electron chi connectivity index (χ2n) is 4.05. The van der Waals surface area contributed by atoms with Crippen LogP contribution in [0.25, 0.3) is 0 Å². The van der Waals surface area contributed by atoms with E-state index in [2.05, 4.69) is 20.6 Å². The van der Waals surface area contributed by atoms with Crippen molar-refractivity contribution in [2.45, 2.75) is 25.1 Å². The SMILES string of the molecule is O=C1CCC(Nc2cc(Cl)nc(C(F)(F)F)n2)C(=O)N1. The molecule has 108 valence electrons. The second kappa shape index (κ2) is 5.23. The van der Waals surface area contributed by atoms with E-state index in [9.17, 15) is 22.8 Å². The van der Waals surface area contributed by atoms with E-state index in [0.29, 0.717) is 0 Å². The van der Waals surface area contributed by atoms with E-state index in [1.807, 2.05) is 0 Å². The number of hydrogen-bond donors (Lipinski definition) is 2.